The van der Waals surface area contributed by atoms with Gasteiger partial charge >= 0.3 is 5.97 Å². The largest absolute Gasteiger partial charge is 0.455 e. The van der Waals surface area contributed by atoms with E-state index >= 15 is 0 Å². The van der Waals surface area contributed by atoms with Crippen LogP contribution >= 0.6 is 0 Å². The van der Waals surface area contributed by atoms with Crippen LogP contribution in [-0.4, -0.2) is 12.1 Å². The maximum Gasteiger partial charge on any atom is 0.330 e. The zero-order chi connectivity index (χ0) is 8.27. The first-order valence-electron chi connectivity index (χ1n) is 3.73. The van der Waals surface area contributed by atoms with Crippen LogP contribution in [0.1, 0.15) is 19.8 Å². The number of esters is 1. The molecule has 0 aromatic heterocycles. The van der Waals surface area contributed by atoms with Gasteiger partial charge in [-0.05, 0) is 25.3 Å². The van der Waals surface area contributed by atoms with Crippen molar-refractivity contribution in [3.05, 3.63) is 24.3 Å². The Kier molecular flexibility index (Phi) is 2.47. The van der Waals surface area contributed by atoms with Gasteiger partial charge in [0, 0.05) is 6.08 Å². The second kappa shape index (κ2) is 3.37. The van der Waals surface area contributed by atoms with Crippen molar-refractivity contribution in [3.8, 4) is 0 Å². The van der Waals surface area contributed by atoms with Crippen molar-refractivity contribution in [3.63, 3.8) is 0 Å². The fraction of sp³-hybridized carbons (Fsp3) is 0.444. The molecule has 0 bridgehead atoms. The van der Waals surface area contributed by atoms with Crippen molar-refractivity contribution in [2.24, 2.45) is 0 Å². The van der Waals surface area contributed by atoms with Gasteiger partial charge in [0.2, 0.25) is 0 Å². The molecule has 0 amide bonds. The van der Waals surface area contributed by atoms with E-state index in [-0.39, 0.29) is 12.1 Å². The summed E-state index contributed by atoms with van der Waals surface area (Å²) < 4.78 is 5.05. The molecule has 60 valence electrons. The van der Waals surface area contributed by atoms with Gasteiger partial charge in [0.1, 0.15) is 6.10 Å². The minimum atomic E-state index is -0.329. The highest BCUT2D eigenvalue weighted by Gasteiger charge is 2.18. The molecular weight excluding hydrogens is 140 g/mol. The van der Waals surface area contributed by atoms with Crippen molar-refractivity contribution < 1.29 is 9.53 Å². The summed E-state index contributed by atoms with van der Waals surface area (Å²) in [7, 11) is 0. The minimum Gasteiger partial charge on any atom is -0.455 e. The van der Waals surface area contributed by atoms with E-state index in [0.29, 0.717) is 0 Å². The highest BCUT2D eigenvalue weighted by molar-refractivity contribution is 5.81. The molecule has 0 N–H and O–H groups in total. The van der Waals surface area contributed by atoms with Gasteiger partial charge in [-0.1, -0.05) is 12.7 Å². The standard InChI is InChI=1S/C9H12O2/c1-3-9(10)11-8-6-4-5-7(8)2/h3,5,8H,1,4,6H2,2H3. The van der Waals surface area contributed by atoms with Crippen LogP contribution in [0.25, 0.3) is 0 Å². The molecule has 1 unspecified atom stereocenters. The zero-order valence-electron chi connectivity index (χ0n) is 6.67. The van der Waals surface area contributed by atoms with Gasteiger partial charge in [-0.25, -0.2) is 4.79 Å². The smallest absolute Gasteiger partial charge is 0.330 e. The number of ether oxygens (including phenoxy) is 1. The molecule has 0 fully saturated rings. The number of carbonyl (C=O) groups excluding carboxylic acids is 1. The second-order valence-corrected chi connectivity index (χ2v) is 2.66. The van der Waals surface area contributed by atoms with Gasteiger partial charge in [0.15, 0.2) is 0 Å². The van der Waals surface area contributed by atoms with E-state index in [2.05, 4.69) is 12.7 Å². The summed E-state index contributed by atoms with van der Waals surface area (Å²) in [4.78, 5) is 10.7. The van der Waals surface area contributed by atoms with Crippen LogP contribution in [0.3, 0.4) is 0 Å². The fourth-order valence-corrected chi connectivity index (χ4v) is 1.16. The Balaban J connectivity index is 2.44. The molecule has 1 rings (SSSR count). The van der Waals surface area contributed by atoms with Gasteiger partial charge < -0.3 is 4.74 Å². The van der Waals surface area contributed by atoms with E-state index < -0.39 is 0 Å². The van der Waals surface area contributed by atoms with Crippen LogP contribution in [0.5, 0.6) is 0 Å². The molecule has 0 saturated heterocycles. The molecular formula is C9H12O2. The SMILES string of the molecule is C=CC(=O)OC1CCC=C1C. The van der Waals surface area contributed by atoms with Gasteiger partial charge in [-0.15, -0.1) is 0 Å². The maximum absolute atomic E-state index is 10.7. The molecule has 0 spiro atoms. The Morgan fingerprint density at radius 1 is 1.91 bits per heavy atom. The topological polar surface area (TPSA) is 26.3 Å². The first kappa shape index (κ1) is 8.05. The summed E-state index contributed by atoms with van der Waals surface area (Å²) >= 11 is 0. The maximum atomic E-state index is 10.7. The lowest BCUT2D eigenvalue weighted by atomic mass is 10.2. The van der Waals surface area contributed by atoms with Crippen LogP contribution in [0.4, 0.5) is 0 Å². The van der Waals surface area contributed by atoms with Crippen molar-refractivity contribution >= 4 is 5.97 Å². The molecule has 2 nitrogen and oxygen atoms in total. The Morgan fingerprint density at radius 2 is 2.64 bits per heavy atom. The number of allylic oxidation sites excluding steroid dienone is 1. The first-order valence-corrected chi connectivity index (χ1v) is 3.73. The van der Waals surface area contributed by atoms with Crippen LogP contribution in [0.15, 0.2) is 24.3 Å². The summed E-state index contributed by atoms with van der Waals surface area (Å²) in [6.45, 7) is 5.31. The molecule has 0 heterocycles. The summed E-state index contributed by atoms with van der Waals surface area (Å²) in [5.74, 6) is -0.329. The second-order valence-electron chi connectivity index (χ2n) is 2.66. The number of hydrogen-bond donors (Lipinski definition) is 0. The van der Waals surface area contributed by atoms with E-state index in [1.165, 1.54) is 6.08 Å². The van der Waals surface area contributed by atoms with E-state index in [0.717, 1.165) is 18.4 Å². The molecule has 0 aliphatic heterocycles. The van der Waals surface area contributed by atoms with Crippen molar-refractivity contribution in [2.75, 3.05) is 0 Å². The predicted molar refractivity (Wildman–Crippen MR) is 43.1 cm³/mol. The molecule has 0 radical (unpaired) electrons. The minimum absolute atomic E-state index is 0.000463. The average molecular weight is 152 g/mol. The van der Waals surface area contributed by atoms with Crippen LogP contribution in [0.2, 0.25) is 0 Å². The molecule has 1 aliphatic rings. The summed E-state index contributed by atoms with van der Waals surface area (Å²) in [5, 5.41) is 0. The Morgan fingerprint density at radius 3 is 3.09 bits per heavy atom. The van der Waals surface area contributed by atoms with Crippen LogP contribution in [0, 0.1) is 0 Å². The molecule has 0 aromatic carbocycles. The van der Waals surface area contributed by atoms with Crippen molar-refractivity contribution in [2.45, 2.75) is 25.9 Å². The normalized spacial score (nSPS) is 22.6. The molecule has 2 heteroatoms. The highest BCUT2D eigenvalue weighted by atomic mass is 16.5. The quantitative estimate of drug-likeness (QED) is 0.343. The number of hydrogen-bond acceptors (Lipinski definition) is 2. The van der Waals surface area contributed by atoms with Gasteiger partial charge in [-0.3, -0.25) is 0 Å². The highest BCUT2D eigenvalue weighted by Crippen LogP contribution is 2.21. The van der Waals surface area contributed by atoms with E-state index in [4.69, 9.17) is 4.74 Å². The van der Waals surface area contributed by atoms with Crippen molar-refractivity contribution in [1.82, 2.24) is 0 Å². The molecule has 11 heavy (non-hydrogen) atoms. The van der Waals surface area contributed by atoms with Gasteiger partial charge in [0.25, 0.3) is 0 Å². The van der Waals surface area contributed by atoms with Gasteiger partial charge in [0.05, 0.1) is 0 Å². The number of carbonyl (C=O) groups is 1. The lowest BCUT2D eigenvalue weighted by Crippen LogP contribution is -2.14. The Bertz CT molecular complexity index is 204. The lowest BCUT2D eigenvalue weighted by Gasteiger charge is -2.11. The average Bonchev–Trinajstić information content (AvgIpc) is 2.37. The summed E-state index contributed by atoms with van der Waals surface area (Å²) in [5.41, 5.74) is 1.15. The van der Waals surface area contributed by atoms with Crippen LogP contribution in [-0.2, 0) is 9.53 Å². The van der Waals surface area contributed by atoms with Gasteiger partial charge in [-0.2, -0.15) is 0 Å². The Labute approximate surface area is 66.5 Å². The zero-order valence-corrected chi connectivity index (χ0v) is 6.67. The van der Waals surface area contributed by atoms with Crippen LogP contribution < -0.4 is 0 Å². The lowest BCUT2D eigenvalue weighted by molar-refractivity contribution is -0.141. The Hall–Kier alpha value is -1.05. The monoisotopic (exact) mass is 152 g/mol. The van der Waals surface area contributed by atoms with E-state index in [9.17, 15) is 4.79 Å². The first-order chi connectivity index (χ1) is 5.24. The third kappa shape index (κ3) is 1.93. The van der Waals surface area contributed by atoms with Crippen molar-refractivity contribution in [1.29, 1.82) is 0 Å². The molecule has 1 atom stereocenters. The molecule has 1 aliphatic carbocycles. The molecule has 0 aromatic rings. The molecule has 0 saturated carbocycles. The third-order valence-corrected chi connectivity index (χ3v) is 1.83. The number of rotatable bonds is 2. The predicted octanol–water partition coefficient (Wildman–Crippen LogP) is 1.82. The third-order valence-electron chi connectivity index (χ3n) is 1.83. The summed E-state index contributed by atoms with van der Waals surface area (Å²) in [6.07, 6.45) is 5.24. The summed E-state index contributed by atoms with van der Waals surface area (Å²) in [6, 6.07) is 0. The fourth-order valence-electron chi connectivity index (χ4n) is 1.16. The van der Waals surface area contributed by atoms with E-state index in [1.807, 2.05) is 6.92 Å². The van der Waals surface area contributed by atoms with E-state index in [1.54, 1.807) is 0 Å².